The van der Waals surface area contributed by atoms with Gasteiger partial charge in [-0.1, -0.05) is 29.8 Å². The summed E-state index contributed by atoms with van der Waals surface area (Å²) in [5.74, 6) is 0.486. The lowest BCUT2D eigenvalue weighted by Crippen LogP contribution is -2.12. The highest BCUT2D eigenvalue weighted by Gasteiger charge is 2.14. The van der Waals surface area contributed by atoms with Crippen molar-refractivity contribution in [2.45, 2.75) is 11.8 Å². The maximum absolute atomic E-state index is 12.5. The van der Waals surface area contributed by atoms with Gasteiger partial charge in [-0.15, -0.1) is 0 Å². The first-order valence-corrected chi connectivity index (χ1v) is 11.3. The van der Waals surface area contributed by atoms with Gasteiger partial charge in [0.15, 0.2) is 0 Å². The number of hydrogen-bond donors (Lipinski definition) is 2. The van der Waals surface area contributed by atoms with E-state index in [1.807, 2.05) is 6.92 Å². The normalized spacial score (nSPS) is 11.1. The lowest BCUT2D eigenvalue weighted by atomic mass is 10.1. The summed E-state index contributed by atoms with van der Waals surface area (Å²) in [7, 11) is -3.69. The fraction of sp³-hybridized carbons (Fsp3) is 0.0435. The van der Waals surface area contributed by atoms with E-state index in [-0.39, 0.29) is 10.6 Å². The number of nitrogens with zero attached hydrogens (tertiary/aromatic N) is 3. The molecule has 1 heterocycles. The molecule has 0 saturated carbocycles. The smallest absolute Gasteiger partial charge is 0.270 e. The molecule has 0 aliphatic carbocycles. The van der Waals surface area contributed by atoms with Gasteiger partial charge in [0.2, 0.25) is 0 Å². The second kappa shape index (κ2) is 9.05. The minimum absolute atomic E-state index is 0.0238. The molecule has 9 nitrogen and oxygen atoms in total. The molecule has 0 unspecified atom stereocenters. The van der Waals surface area contributed by atoms with Crippen LogP contribution in [0.3, 0.4) is 0 Å². The molecule has 0 aliphatic rings. The molecule has 0 fully saturated rings. The topological polar surface area (TPSA) is 127 Å². The van der Waals surface area contributed by atoms with Crippen molar-refractivity contribution in [2.75, 3.05) is 10.0 Å². The van der Waals surface area contributed by atoms with Gasteiger partial charge in [0.05, 0.1) is 15.5 Å². The largest absolute Gasteiger partial charge is 0.340 e. The Kier molecular flexibility index (Phi) is 6.01. The van der Waals surface area contributed by atoms with Crippen molar-refractivity contribution < 1.29 is 13.3 Å². The van der Waals surface area contributed by atoms with E-state index in [0.29, 0.717) is 28.5 Å². The Balaban J connectivity index is 1.48. The number of nitro benzene ring substituents is 1. The van der Waals surface area contributed by atoms with E-state index in [2.05, 4.69) is 20.0 Å². The number of aryl methyl sites for hydroxylation is 1. The molecule has 1 aromatic heterocycles. The first-order chi connectivity index (χ1) is 15.8. The van der Waals surface area contributed by atoms with Crippen LogP contribution in [0.25, 0.3) is 11.3 Å². The van der Waals surface area contributed by atoms with E-state index >= 15 is 0 Å². The first-order valence-electron chi connectivity index (χ1n) is 9.84. The zero-order valence-corrected chi connectivity index (χ0v) is 18.3. The Morgan fingerprint density at radius 3 is 2.27 bits per heavy atom. The van der Waals surface area contributed by atoms with Crippen LogP contribution in [0.4, 0.5) is 22.9 Å². The first kappa shape index (κ1) is 21.9. The highest BCUT2D eigenvalue weighted by molar-refractivity contribution is 7.92. The van der Waals surface area contributed by atoms with Gasteiger partial charge in [0, 0.05) is 35.1 Å². The van der Waals surface area contributed by atoms with Crippen LogP contribution < -0.4 is 10.0 Å². The fourth-order valence-corrected chi connectivity index (χ4v) is 4.12. The van der Waals surface area contributed by atoms with Crippen molar-refractivity contribution >= 4 is 32.9 Å². The van der Waals surface area contributed by atoms with Crippen LogP contribution in [-0.4, -0.2) is 23.3 Å². The number of hydrogen-bond acceptors (Lipinski definition) is 7. The standard InChI is InChI=1S/C23H19N5O4S/c1-16-5-11-21(12-6-16)33(31,32)27-19-9-7-18(8-10-19)26-23-14-22(24-15-25-23)17-3-2-4-20(13-17)28(29)30/h2-15,27H,1H3,(H,24,25,26). The van der Waals surface area contributed by atoms with Gasteiger partial charge in [-0.2, -0.15) is 0 Å². The van der Waals surface area contributed by atoms with Gasteiger partial charge in [-0.25, -0.2) is 18.4 Å². The van der Waals surface area contributed by atoms with Crippen molar-refractivity contribution in [3.05, 3.63) is 101 Å². The zero-order valence-electron chi connectivity index (χ0n) is 17.5. The van der Waals surface area contributed by atoms with Gasteiger partial charge in [-0.3, -0.25) is 14.8 Å². The Morgan fingerprint density at radius 2 is 1.58 bits per heavy atom. The van der Waals surface area contributed by atoms with E-state index in [1.165, 1.54) is 18.5 Å². The number of rotatable bonds is 7. The van der Waals surface area contributed by atoms with Gasteiger partial charge < -0.3 is 5.32 Å². The van der Waals surface area contributed by atoms with Crippen LogP contribution in [0, 0.1) is 17.0 Å². The molecule has 0 spiro atoms. The van der Waals surface area contributed by atoms with Crippen molar-refractivity contribution in [3.8, 4) is 11.3 Å². The van der Waals surface area contributed by atoms with Crippen molar-refractivity contribution in [1.82, 2.24) is 9.97 Å². The Hall–Kier alpha value is -4.31. The van der Waals surface area contributed by atoms with E-state index in [0.717, 1.165) is 5.56 Å². The molecule has 10 heteroatoms. The van der Waals surface area contributed by atoms with Crippen LogP contribution >= 0.6 is 0 Å². The molecule has 2 N–H and O–H groups in total. The summed E-state index contributed by atoms with van der Waals surface area (Å²) in [6.07, 6.45) is 1.36. The molecule has 0 aliphatic heterocycles. The van der Waals surface area contributed by atoms with Crippen molar-refractivity contribution in [3.63, 3.8) is 0 Å². The molecule has 3 aromatic carbocycles. The third-order valence-corrected chi connectivity index (χ3v) is 6.16. The molecule has 0 atom stereocenters. The maximum Gasteiger partial charge on any atom is 0.270 e. The average molecular weight is 462 g/mol. The monoisotopic (exact) mass is 461 g/mol. The van der Waals surface area contributed by atoms with Crippen LogP contribution in [0.5, 0.6) is 0 Å². The van der Waals surface area contributed by atoms with Gasteiger partial charge in [0.1, 0.15) is 12.1 Å². The summed E-state index contributed by atoms with van der Waals surface area (Å²) in [4.78, 5) is 19.1. The van der Waals surface area contributed by atoms with Crippen molar-refractivity contribution in [2.24, 2.45) is 0 Å². The summed E-state index contributed by atoms with van der Waals surface area (Å²) in [5.41, 5.74) is 3.17. The molecule has 4 rings (SSSR count). The van der Waals surface area contributed by atoms with Crippen LogP contribution in [0.2, 0.25) is 0 Å². The summed E-state index contributed by atoms with van der Waals surface area (Å²) < 4.78 is 27.6. The third kappa shape index (κ3) is 5.31. The number of sulfonamides is 1. The predicted molar refractivity (Wildman–Crippen MR) is 126 cm³/mol. The average Bonchev–Trinajstić information content (AvgIpc) is 2.81. The lowest BCUT2D eigenvalue weighted by Gasteiger charge is -2.10. The second-order valence-electron chi connectivity index (χ2n) is 7.22. The number of nitro groups is 1. The highest BCUT2D eigenvalue weighted by atomic mass is 32.2. The molecule has 0 bridgehead atoms. The lowest BCUT2D eigenvalue weighted by molar-refractivity contribution is -0.384. The minimum atomic E-state index is -3.69. The van der Waals surface area contributed by atoms with Gasteiger partial charge in [-0.05, 0) is 43.3 Å². The fourth-order valence-electron chi connectivity index (χ4n) is 3.06. The molecule has 0 saturated heterocycles. The number of anilines is 3. The van der Waals surface area contributed by atoms with E-state index in [9.17, 15) is 18.5 Å². The van der Waals surface area contributed by atoms with E-state index in [1.54, 1.807) is 66.7 Å². The second-order valence-corrected chi connectivity index (χ2v) is 8.90. The van der Waals surface area contributed by atoms with Crippen LogP contribution in [0.15, 0.2) is 90.1 Å². The summed E-state index contributed by atoms with van der Waals surface area (Å²) >= 11 is 0. The third-order valence-electron chi connectivity index (χ3n) is 4.76. The van der Waals surface area contributed by atoms with Gasteiger partial charge in [0.25, 0.3) is 15.7 Å². The molecular weight excluding hydrogens is 442 g/mol. The van der Waals surface area contributed by atoms with E-state index < -0.39 is 14.9 Å². The Morgan fingerprint density at radius 1 is 0.879 bits per heavy atom. The summed E-state index contributed by atoms with van der Waals surface area (Å²) in [5, 5.41) is 14.1. The zero-order chi connectivity index (χ0) is 23.4. The highest BCUT2D eigenvalue weighted by Crippen LogP contribution is 2.25. The minimum Gasteiger partial charge on any atom is -0.340 e. The molecule has 0 amide bonds. The molecular formula is C23H19N5O4S. The van der Waals surface area contributed by atoms with Crippen LogP contribution in [0.1, 0.15) is 5.56 Å². The number of benzene rings is 3. The summed E-state index contributed by atoms with van der Waals surface area (Å²) in [6, 6.07) is 21.1. The van der Waals surface area contributed by atoms with Gasteiger partial charge >= 0.3 is 0 Å². The maximum atomic E-state index is 12.5. The van der Waals surface area contributed by atoms with Crippen LogP contribution in [-0.2, 0) is 10.0 Å². The Bertz CT molecular complexity index is 1410. The molecule has 33 heavy (non-hydrogen) atoms. The molecule has 166 valence electrons. The SMILES string of the molecule is Cc1ccc(S(=O)(=O)Nc2ccc(Nc3cc(-c4cccc([N+](=O)[O-])c4)ncn3)cc2)cc1. The van der Waals surface area contributed by atoms with E-state index in [4.69, 9.17) is 0 Å². The number of nitrogens with one attached hydrogen (secondary N) is 2. The molecule has 4 aromatic rings. The Labute approximate surface area is 190 Å². The van der Waals surface area contributed by atoms with Crippen molar-refractivity contribution in [1.29, 1.82) is 0 Å². The molecule has 0 radical (unpaired) electrons. The summed E-state index contributed by atoms with van der Waals surface area (Å²) in [6.45, 7) is 1.89. The quantitative estimate of drug-likeness (QED) is 0.296. The predicted octanol–water partition coefficient (Wildman–Crippen LogP) is 4.90. The number of non-ortho nitro benzene ring substituents is 1. The number of aromatic nitrogens is 2.